The van der Waals surface area contributed by atoms with E-state index in [-0.39, 0.29) is 30.9 Å². The number of nitrogens with one attached hydrogen (secondary N) is 1. The second-order valence-corrected chi connectivity index (χ2v) is 9.95. The third-order valence-corrected chi connectivity index (χ3v) is 7.43. The lowest BCUT2D eigenvalue weighted by atomic mass is 9.98. The van der Waals surface area contributed by atoms with E-state index < -0.39 is 24.0 Å². The van der Waals surface area contributed by atoms with Gasteiger partial charge in [-0.2, -0.15) is 11.8 Å². The lowest BCUT2D eigenvalue weighted by Crippen LogP contribution is -2.48. The number of amides is 2. The Morgan fingerprint density at radius 1 is 1.09 bits per heavy atom. The van der Waals surface area contributed by atoms with Crippen LogP contribution < -0.4 is 5.32 Å². The van der Waals surface area contributed by atoms with Gasteiger partial charge in [0.1, 0.15) is 12.6 Å². The van der Waals surface area contributed by atoms with Crippen molar-refractivity contribution in [3.8, 4) is 11.1 Å². The van der Waals surface area contributed by atoms with Gasteiger partial charge in [0.05, 0.1) is 5.92 Å². The van der Waals surface area contributed by atoms with E-state index in [9.17, 15) is 19.5 Å². The van der Waals surface area contributed by atoms with Crippen LogP contribution in [0.15, 0.2) is 48.5 Å². The van der Waals surface area contributed by atoms with Crippen LogP contribution >= 0.6 is 11.8 Å². The Morgan fingerprint density at radius 2 is 1.71 bits per heavy atom. The molecule has 4 rings (SSSR count). The number of fused-ring (bicyclic) bond motifs is 3. The average Bonchev–Trinajstić information content (AvgIpc) is 3.38. The minimum Gasteiger partial charge on any atom is -0.481 e. The molecule has 2 N–H and O–H groups in total. The molecule has 1 heterocycles. The first-order chi connectivity index (χ1) is 16.4. The standard InChI is InChI=1S/C26H30N2O5S/c1-16-13-28(14-21(16)25(30)31)24(29)23(11-12-34-2)27-26(32)33-15-22-19-9-5-3-7-17(19)18-8-4-6-10-20(18)22/h3-10,16,21-23H,11-15H2,1-2H3,(H,27,32)(H,30,31)/t16-,21-,23+/m0/s1. The molecule has 0 radical (unpaired) electrons. The van der Waals surface area contributed by atoms with Crippen molar-refractivity contribution in [2.75, 3.05) is 31.7 Å². The number of hydrogen-bond donors (Lipinski definition) is 2. The summed E-state index contributed by atoms with van der Waals surface area (Å²) in [5.74, 6) is -1.23. The van der Waals surface area contributed by atoms with Gasteiger partial charge in [-0.05, 0) is 46.6 Å². The second kappa shape index (κ2) is 10.5. The highest BCUT2D eigenvalue weighted by atomic mass is 32.2. The van der Waals surface area contributed by atoms with Gasteiger partial charge >= 0.3 is 12.1 Å². The third-order valence-electron chi connectivity index (χ3n) is 6.79. The fraction of sp³-hybridized carbons (Fsp3) is 0.423. The highest BCUT2D eigenvalue weighted by molar-refractivity contribution is 7.98. The van der Waals surface area contributed by atoms with Gasteiger partial charge in [-0.15, -0.1) is 0 Å². The van der Waals surface area contributed by atoms with Crippen LogP contribution in [0.2, 0.25) is 0 Å². The Bertz CT molecular complexity index is 1030. The van der Waals surface area contributed by atoms with Crippen molar-refractivity contribution >= 4 is 29.7 Å². The first kappa shape index (κ1) is 24.1. The molecule has 1 aliphatic carbocycles. The normalized spacial score (nSPS) is 19.9. The molecular formula is C26H30N2O5S. The van der Waals surface area contributed by atoms with E-state index >= 15 is 0 Å². The largest absolute Gasteiger partial charge is 0.481 e. The number of alkyl carbamates (subject to hydrolysis) is 1. The molecule has 34 heavy (non-hydrogen) atoms. The number of thioether (sulfide) groups is 1. The van der Waals surface area contributed by atoms with Gasteiger partial charge in [-0.1, -0.05) is 55.5 Å². The molecule has 2 aromatic carbocycles. The van der Waals surface area contributed by atoms with Gasteiger partial charge in [0, 0.05) is 19.0 Å². The molecule has 1 aliphatic heterocycles. The summed E-state index contributed by atoms with van der Waals surface area (Å²) in [5.41, 5.74) is 4.54. The minimum atomic E-state index is -0.895. The number of aliphatic carboxylic acids is 1. The van der Waals surface area contributed by atoms with Crippen LogP contribution in [0.3, 0.4) is 0 Å². The molecule has 7 nitrogen and oxygen atoms in total. The second-order valence-electron chi connectivity index (χ2n) is 8.97. The number of nitrogens with zero attached hydrogens (tertiary/aromatic N) is 1. The average molecular weight is 483 g/mol. The van der Waals surface area contributed by atoms with E-state index in [0.29, 0.717) is 18.7 Å². The Kier molecular flexibility index (Phi) is 7.46. The van der Waals surface area contributed by atoms with Crippen LogP contribution in [0, 0.1) is 11.8 Å². The maximum absolute atomic E-state index is 13.1. The molecule has 0 spiro atoms. The van der Waals surface area contributed by atoms with Crippen molar-refractivity contribution < 1.29 is 24.2 Å². The summed E-state index contributed by atoms with van der Waals surface area (Å²) < 4.78 is 5.62. The van der Waals surface area contributed by atoms with E-state index in [1.165, 1.54) is 0 Å². The maximum Gasteiger partial charge on any atom is 0.407 e. The zero-order valence-corrected chi connectivity index (χ0v) is 20.2. The first-order valence-electron chi connectivity index (χ1n) is 11.5. The molecule has 0 bridgehead atoms. The van der Waals surface area contributed by atoms with E-state index in [1.54, 1.807) is 16.7 Å². The Hall–Kier alpha value is -3.00. The Morgan fingerprint density at radius 3 is 2.26 bits per heavy atom. The Labute approximate surface area is 203 Å². The van der Waals surface area contributed by atoms with Gasteiger partial charge in [0.2, 0.25) is 5.91 Å². The summed E-state index contributed by atoms with van der Waals surface area (Å²) in [4.78, 5) is 38.9. The fourth-order valence-corrected chi connectivity index (χ4v) is 5.44. The molecule has 0 unspecified atom stereocenters. The number of carboxylic acids is 1. The van der Waals surface area contributed by atoms with Crippen LogP contribution in [0.25, 0.3) is 11.1 Å². The quantitative estimate of drug-likeness (QED) is 0.594. The summed E-state index contributed by atoms with van der Waals surface area (Å²) in [7, 11) is 0. The predicted octanol–water partition coefficient (Wildman–Crippen LogP) is 3.83. The number of ether oxygens (including phenoxy) is 1. The number of carboxylic acid groups (broad SMARTS) is 1. The van der Waals surface area contributed by atoms with Crippen LogP contribution in [0.1, 0.15) is 30.4 Å². The zero-order valence-electron chi connectivity index (χ0n) is 19.4. The van der Waals surface area contributed by atoms with Gasteiger partial charge in [0.15, 0.2) is 0 Å². The Balaban J connectivity index is 1.41. The molecule has 2 aromatic rings. The fourth-order valence-electron chi connectivity index (χ4n) is 4.96. The first-order valence-corrected chi connectivity index (χ1v) is 12.9. The van der Waals surface area contributed by atoms with Crippen LogP contribution in [0.4, 0.5) is 4.79 Å². The summed E-state index contributed by atoms with van der Waals surface area (Å²) >= 11 is 1.58. The molecule has 0 aromatic heterocycles. The summed E-state index contributed by atoms with van der Waals surface area (Å²) in [6.07, 6.45) is 1.75. The van der Waals surface area contributed by atoms with Crippen LogP contribution in [0.5, 0.6) is 0 Å². The minimum absolute atomic E-state index is 0.0609. The monoisotopic (exact) mass is 482 g/mol. The maximum atomic E-state index is 13.1. The highest BCUT2D eigenvalue weighted by Crippen LogP contribution is 2.44. The smallest absolute Gasteiger partial charge is 0.407 e. The molecular weight excluding hydrogens is 452 g/mol. The number of carbonyl (C=O) groups excluding carboxylic acids is 2. The zero-order chi connectivity index (χ0) is 24.2. The van der Waals surface area contributed by atoms with Gasteiger partial charge in [0.25, 0.3) is 0 Å². The van der Waals surface area contributed by atoms with E-state index in [4.69, 9.17) is 4.74 Å². The third kappa shape index (κ3) is 4.92. The van der Waals surface area contributed by atoms with Crippen molar-refractivity contribution in [1.82, 2.24) is 10.2 Å². The highest BCUT2D eigenvalue weighted by Gasteiger charge is 2.39. The van der Waals surface area contributed by atoms with Gasteiger partial charge in [-0.3, -0.25) is 9.59 Å². The van der Waals surface area contributed by atoms with Crippen molar-refractivity contribution in [1.29, 1.82) is 0 Å². The molecule has 1 saturated heterocycles. The van der Waals surface area contributed by atoms with Crippen molar-refractivity contribution in [2.24, 2.45) is 11.8 Å². The SMILES string of the molecule is CSCC[C@@H](NC(=O)OCC1c2ccccc2-c2ccccc21)C(=O)N1C[C@H](C(=O)O)[C@@H](C)C1. The molecule has 1 fully saturated rings. The molecule has 8 heteroatoms. The summed E-state index contributed by atoms with van der Waals surface area (Å²) in [6, 6.07) is 15.5. The lowest BCUT2D eigenvalue weighted by Gasteiger charge is -2.24. The van der Waals surface area contributed by atoms with Crippen molar-refractivity contribution in [3.63, 3.8) is 0 Å². The molecule has 180 valence electrons. The molecule has 2 aliphatic rings. The van der Waals surface area contributed by atoms with E-state index in [1.807, 2.05) is 37.4 Å². The summed E-state index contributed by atoms with van der Waals surface area (Å²) in [6.45, 7) is 2.54. The summed E-state index contributed by atoms with van der Waals surface area (Å²) in [5, 5.41) is 12.1. The lowest BCUT2D eigenvalue weighted by molar-refractivity contribution is -0.142. The van der Waals surface area contributed by atoms with Crippen LogP contribution in [-0.4, -0.2) is 65.7 Å². The van der Waals surface area contributed by atoms with Crippen LogP contribution in [-0.2, 0) is 14.3 Å². The number of likely N-dealkylation sites (tertiary alicyclic amines) is 1. The van der Waals surface area contributed by atoms with E-state index in [2.05, 4.69) is 29.6 Å². The molecule has 0 saturated carbocycles. The predicted molar refractivity (Wildman–Crippen MR) is 132 cm³/mol. The van der Waals surface area contributed by atoms with Crippen molar-refractivity contribution in [3.05, 3.63) is 59.7 Å². The molecule has 3 atom stereocenters. The number of rotatable bonds is 8. The number of hydrogen-bond acceptors (Lipinski definition) is 5. The van der Waals surface area contributed by atoms with Gasteiger partial charge in [-0.25, -0.2) is 4.79 Å². The number of benzene rings is 2. The van der Waals surface area contributed by atoms with Gasteiger partial charge < -0.3 is 20.1 Å². The van der Waals surface area contributed by atoms with Crippen molar-refractivity contribution in [2.45, 2.75) is 25.3 Å². The molecule has 2 amide bonds. The van der Waals surface area contributed by atoms with E-state index in [0.717, 1.165) is 22.3 Å². The topological polar surface area (TPSA) is 95.9 Å². The number of carbonyl (C=O) groups is 3.